The highest BCUT2D eigenvalue weighted by atomic mass is 32.2. The minimum absolute atomic E-state index is 0.0830. The molecule has 26 heavy (non-hydrogen) atoms. The molecule has 4 rings (SSSR count). The minimum atomic E-state index is -0.198. The maximum absolute atomic E-state index is 12.4. The van der Waals surface area contributed by atoms with Crippen molar-refractivity contribution >= 4 is 23.6 Å². The molecule has 1 atom stereocenters. The number of nitrogens with zero attached hydrogens (tertiary/aromatic N) is 4. The third kappa shape index (κ3) is 3.87. The Morgan fingerprint density at radius 1 is 1.15 bits per heavy atom. The van der Waals surface area contributed by atoms with Gasteiger partial charge in [0.25, 0.3) is 0 Å². The van der Waals surface area contributed by atoms with E-state index in [0.29, 0.717) is 6.04 Å². The van der Waals surface area contributed by atoms with Crippen LogP contribution in [0.25, 0.3) is 5.69 Å². The van der Waals surface area contributed by atoms with Gasteiger partial charge in [-0.2, -0.15) is 0 Å². The zero-order valence-electron chi connectivity index (χ0n) is 15.1. The molecule has 6 nitrogen and oxygen atoms in total. The number of nitrogens with one attached hydrogen (secondary N) is 1. The number of hydrogen-bond donors (Lipinski definition) is 1. The molecule has 2 heterocycles. The largest absolute Gasteiger partial charge is 0.352 e. The molecule has 1 saturated heterocycles. The summed E-state index contributed by atoms with van der Waals surface area (Å²) < 4.78 is 2.09. The van der Waals surface area contributed by atoms with Gasteiger partial charge in [-0.3, -0.25) is 9.36 Å². The van der Waals surface area contributed by atoms with Gasteiger partial charge in [-0.05, 0) is 51.2 Å². The summed E-state index contributed by atoms with van der Waals surface area (Å²) in [6.07, 6.45) is 5.84. The van der Waals surface area contributed by atoms with Crippen molar-refractivity contribution in [3.05, 3.63) is 30.3 Å². The lowest BCUT2D eigenvalue weighted by atomic mass is 10.1. The van der Waals surface area contributed by atoms with E-state index < -0.39 is 0 Å². The van der Waals surface area contributed by atoms with E-state index in [1.165, 1.54) is 31.0 Å². The van der Waals surface area contributed by atoms with E-state index in [9.17, 15) is 4.79 Å². The predicted octanol–water partition coefficient (Wildman–Crippen LogP) is 3.02. The summed E-state index contributed by atoms with van der Waals surface area (Å²) in [5.41, 5.74) is 1.04. The van der Waals surface area contributed by atoms with Crippen molar-refractivity contribution in [1.29, 1.82) is 0 Å². The first kappa shape index (κ1) is 17.4. The van der Waals surface area contributed by atoms with Crippen LogP contribution in [0.3, 0.4) is 0 Å². The van der Waals surface area contributed by atoms with Crippen LogP contribution in [0.15, 0.2) is 35.5 Å². The van der Waals surface area contributed by atoms with Crippen molar-refractivity contribution < 1.29 is 4.79 Å². The summed E-state index contributed by atoms with van der Waals surface area (Å²) >= 11 is 1.48. The lowest BCUT2D eigenvalue weighted by Crippen LogP contribution is -2.33. The van der Waals surface area contributed by atoms with E-state index in [2.05, 4.69) is 37.1 Å². The van der Waals surface area contributed by atoms with Crippen LogP contribution in [-0.4, -0.2) is 45.1 Å². The Hall–Kier alpha value is -2.02. The zero-order chi connectivity index (χ0) is 17.9. The number of carbonyl (C=O) groups is 1. The van der Waals surface area contributed by atoms with Crippen LogP contribution < -0.4 is 10.2 Å². The molecule has 2 fully saturated rings. The highest BCUT2D eigenvalue weighted by Crippen LogP contribution is 2.31. The Bertz CT molecular complexity index is 753. The summed E-state index contributed by atoms with van der Waals surface area (Å²) in [7, 11) is 0. The number of aromatic nitrogens is 3. The van der Waals surface area contributed by atoms with Crippen molar-refractivity contribution in [3.8, 4) is 5.69 Å². The molecule has 1 unspecified atom stereocenters. The number of hydrogen-bond acceptors (Lipinski definition) is 5. The second-order valence-corrected chi connectivity index (χ2v) is 8.35. The fourth-order valence-corrected chi connectivity index (χ4v) is 4.07. The average molecular weight is 372 g/mol. The van der Waals surface area contributed by atoms with Crippen LogP contribution >= 0.6 is 11.8 Å². The second-order valence-electron chi connectivity index (χ2n) is 7.04. The van der Waals surface area contributed by atoms with E-state index in [1.54, 1.807) is 0 Å². The molecule has 7 heteroatoms. The SMILES string of the molecule is CC(Sc1nnc(N2CCCCC2)n1-c1ccccc1)C(=O)NC1CC1. The van der Waals surface area contributed by atoms with Gasteiger partial charge in [-0.1, -0.05) is 30.0 Å². The number of benzene rings is 1. The fourth-order valence-electron chi connectivity index (χ4n) is 3.20. The maximum atomic E-state index is 12.4. The molecule has 0 radical (unpaired) electrons. The Morgan fingerprint density at radius 3 is 2.58 bits per heavy atom. The number of rotatable bonds is 6. The highest BCUT2D eigenvalue weighted by molar-refractivity contribution is 8.00. The fraction of sp³-hybridized carbons (Fsp3) is 0.526. The molecular formula is C19H25N5OS. The molecule has 1 aromatic heterocycles. The van der Waals surface area contributed by atoms with Gasteiger partial charge in [-0.15, -0.1) is 10.2 Å². The second kappa shape index (κ2) is 7.70. The topological polar surface area (TPSA) is 63.1 Å². The van der Waals surface area contributed by atoms with Gasteiger partial charge in [0.1, 0.15) is 0 Å². The van der Waals surface area contributed by atoms with E-state index in [-0.39, 0.29) is 11.2 Å². The Balaban J connectivity index is 1.61. The van der Waals surface area contributed by atoms with Crippen LogP contribution in [-0.2, 0) is 4.79 Å². The first-order valence-corrected chi connectivity index (χ1v) is 10.3. The molecule has 0 bridgehead atoms. The quantitative estimate of drug-likeness (QED) is 0.791. The van der Waals surface area contributed by atoms with E-state index in [4.69, 9.17) is 0 Å². The average Bonchev–Trinajstić information content (AvgIpc) is 3.40. The predicted molar refractivity (Wildman–Crippen MR) is 104 cm³/mol. The summed E-state index contributed by atoms with van der Waals surface area (Å²) in [4.78, 5) is 14.7. The van der Waals surface area contributed by atoms with E-state index in [1.807, 2.05) is 25.1 Å². The lowest BCUT2D eigenvalue weighted by molar-refractivity contribution is -0.120. The van der Waals surface area contributed by atoms with Gasteiger partial charge in [0.05, 0.1) is 10.9 Å². The highest BCUT2D eigenvalue weighted by Gasteiger charge is 2.28. The molecule has 1 aliphatic heterocycles. The van der Waals surface area contributed by atoms with Crippen molar-refractivity contribution in [1.82, 2.24) is 20.1 Å². The number of carbonyl (C=O) groups excluding carboxylic acids is 1. The van der Waals surface area contributed by atoms with Gasteiger partial charge in [0.15, 0.2) is 5.16 Å². The Kier molecular flexibility index (Phi) is 5.15. The Morgan fingerprint density at radius 2 is 1.88 bits per heavy atom. The number of para-hydroxylation sites is 1. The van der Waals surface area contributed by atoms with Gasteiger partial charge >= 0.3 is 0 Å². The molecule has 1 aromatic carbocycles. The summed E-state index contributed by atoms with van der Waals surface area (Å²) in [5, 5.41) is 12.6. The monoisotopic (exact) mass is 371 g/mol. The van der Waals surface area contributed by atoms with Crippen LogP contribution in [0.4, 0.5) is 5.95 Å². The summed E-state index contributed by atoms with van der Waals surface area (Å²) in [5.74, 6) is 0.966. The van der Waals surface area contributed by atoms with Crippen molar-refractivity contribution in [2.45, 2.75) is 55.5 Å². The van der Waals surface area contributed by atoms with E-state index in [0.717, 1.165) is 42.7 Å². The summed E-state index contributed by atoms with van der Waals surface area (Å²) in [6.45, 7) is 3.95. The number of anilines is 1. The normalized spacial score (nSPS) is 18.6. The maximum Gasteiger partial charge on any atom is 0.233 e. The van der Waals surface area contributed by atoms with Crippen molar-refractivity contribution in [2.75, 3.05) is 18.0 Å². The smallest absolute Gasteiger partial charge is 0.233 e. The van der Waals surface area contributed by atoms with Gasteiger partial charge in [0, 0.05) is 19.1 Å². The van der Waals surface area contributed by atoms with Gasteiger partial charge < -0.3 is 10.2 Å². The Labute approximate surface area is 158 Å². The molecule has 138 valence electrons. The molecule has 1 N–H and O–H groups in total. The third-order valence-corrected chi connectivity index (χ3v) is 5.89. The van der Waals surface area contributed by atoms with Crippen molar-refractivity contribution in [2.24, 2.45) is 0 Å². The standard InChI is InChI=1S/C19H25N5OS/c1-14(17(25)20-15-10-11-15)26-19-22-21-18(23-12-6-3-7-13-23)24(19)16-8-4-2-5-9-16/h2,4-5,8-9,14-15H,3,6-7,10-13H2,1H3,(H,20,25). The number of thioether (sulfide) groups is 1. The van der Waals surface area contributed by atoms with Crippen LogP contribution in [0, 0.1) is 0 Å². The third-order valence-electron chi connectivity index (χ3n) is 4.84. The molecule has 1 amide bonds. The molecule has 1 aliphatic carbocycles. The molecule has 0 spiro atoms. The molecule has 1 saturated carbocycles. The van der Waals surface area contributed by atoms with E-state index >= 15 is 0 Å². The first-order chi connectivity index (χ1) is 12.7. The van der Waals surface area contributed by atoms with Crippen LogP contribution in [0.2, 0.25) is 0 Å². The van der Waals surface area contributed by atoms with Crippen LogP contribution in [0.1, 0.15) is 39.0 Å². The van der Waals surface area contributed by atoms with Gasteiger partial charge in [0.2, 0.25) is 11.9 Å². The summed E-state index contributed by atoms with van der Waals surface area (Å²) in [6, 6.07) is 10.6. The molecular weight excluding hydrogens is 346 g/mol. The number of amides is 1. The van der Waals surface area contributed by atoms with Gasteiger partial charge in [-0.25, -0.2) is 0 Å². The van der Waals surface area contributed by atoms with Crippen molar-refractivity contribution in [3.63, 3.8) is 0 Å². The minimum Gasteiger partial charge on any atom is -0.352 e. The number of piperidine rings is 1. The lowest BCUT2D eigenvalue weighted by Gasteiger charge is -2.28. The van der Waals surface area contributed by atoms with Crippen LogP contribution in [0.5, 0.6) is 0 Å². The molecule has 2 aromatic rings. The first-order valence-electron chi connectivity index (χ1n) is 9.45. The zero-order valence-corrected chi connectivity index (χ0v) is 15.9. The molecule has 2 aliphatic rings.